The fourth-order valence-electron chi connectivity index (χ4n) is 1.59. The molecule has 0 spiro atoms. The van der Waals surface area contributed by atoms with Crippen LogP contribution in [0.3, 0.4) is 0 Å². The molecule has 0 saturated heterocycles. The number of halogens is 2. The van der Waals surface area contributed by atoms with Crippen molar-refractivity contribution in [2.24, 2.45) is 5.92 Å². The van der Waals surface area contributed by atoms with Crippen molar-refractivity contribution in [2.75, 3.05) is 0 Å². The Morgan fingerprint density at radius 2 is 2.12 bits per heavy atom. The average Bonchev–Trinajstić information content (AvgIpc) is 2.15. The summed E-state index contributed by atoms with van der Waals surface area (Å²) in [7, 11) is 0. The molecule has 0 unspecified atom stereocenters. The van der Waals surface area contributed by atoms with E-state index in [1.165, 1.54) is 6.07 Å². The maximum atomic E-state index is 13.4. The van der Waals surface area contributed by atoms with Gasteiger partial charge < -0.3 is 0 Å². The van der Waals surface area contributed by atoms with Crippen molar-refractivity contribution in [1.82, 2.24) is 0 Å². The van der Waals surface area contributed by atoms with Gasteiger partial charge in [0, 0.05) is 23.4 Å². The molecular formula is C13H16ClFO. The predicted octanol–water partition coefficient (Wildman–Crippen LogP) is 4.03. The summed E-state index contributed by atoms with van der Waals surface area (Å²) in [4.78, 5) is 11.5. The standard InChI is InChI=1S/C13H16ClFO/c1-9(2)8-10(16)6-7-11-12(14)4-3-5-13(11)15/h3-5,9H,6-8H2,1-2H3. The van der Waals surface area contributed by atoms with Crippen molar-refractivity contribution < 1.29 is 9.18 Å². The van der Waals surface area contributed by atoms with Crippen LogP contribution in [0.5, 0.6) is 0 Å². The minimum atomic E-state index is -0.329. The lowest BCUT2D eigenvalue weighted by atomic mass is 10.0. The Bertz CT molecular complexity index is 354. The molecule has 1 aromatic rings. The summed E-state index contributed by atoms with van der Waals surface area (Å²) in [6.07, 6.45) is 1.29. The van der Waals surface area contributed by atoms with Crippen LogP contribution in [0.15, 0.2) is 18.2 Å². The highest BCUT2D eigenvalue weighted by Crippen LogP contribution is 2.21. The molecule has 3 heteroatoms. The van der Waals surface area contributed by atoms with Gasteiger partial charge in [0.2, 0.25) is 0 Å². The van der Waals surface area contributed by atoms with Gasteiger partial charge in [-0.3, -0.25) is 4.79 Å². The molecule has 0 atom stereocenters. The normalized spacial score (nSPS) is 10.8. The minimum Gasteiger partial charge on any atom is -0.300 e. The minimum absolute atomic E-state index is 0.161. The number of Topliss-reactive ketones (excluding diaryl/α,β-unsaturated/α-hetero) is 1. The predicted molar refractivity (Wildman–Crippen MR) is 64.2 cm³/mol. The van der Waals surface area contributed by atoms with E-state index >= 15 is 0 Å². The fraction of sp³-hybridized carbons (Fsp3) is 0.462. The molecular weight excluding hydrogens is 227 g/mol. The van der Waals surface area contributed by atoms with Gasteiger partial charge in [-0.1, -0.05) is 31.5 Å². The molecule has 1 nitrogen and oxygen atoms in total. The Hall–Kier alpha value is -0.890. The van der Waals surface area contributed by atoms with E-state index in [2.05, 4.69) is 0 Å². The molecule has 0 heterocycles. The second-order valence-corrected chi connectivity index (χ2v) is 4.74. The zero-order valence-corrected chi connectivity index (χ0v) is 10.4. The summed E-state index contributed by atoms with van der Waals surface area (Å²) in [6.45, 7) is 3.99. The van der Waals surface area contributed by atoms with Gasteiger partial charge in [-0.05, 0) is 24.5 Å². The van der Waals surface area contributed by atoms with Crippen molar-refractivity contribution in [3.05, 3.63) is 34.6 Å². The van der Waals surface area contributed by atoms with E-state index in [-0.39, 0.29) is 11.6 Å². The lowest BCUT2D eigenvalue weighted by Crippen LogP contribution is -2.05. The van der Waals surface area contributed by atoms with Gasteiger partial charge in [0.1, 0.15) is 11.6 Å². The lowest BCUT2D eigenvalue weighted by Gasteiger charge is -2.06. The molecule has 88 valence electrons. The van der Waals surface area contributed by atoms with E-state index in [0.717, 1.165) is 0 Å². The zero-order valence-electron chi connectivity index (χ0n) is 9.59. The molecule has 0 aromatic heterocycles. The Morgan fingerprint density at radius 1 is 1.44 bits per heavy atom. The van der Waals surface area contributed by atoms with Crippen LogP contribution in [0.2, 0.25) is 5.02 Å². The Kier molecular flexibility index (Phi) is 4.94. The van der Waals surface area contributed by atoms with E-state index in [1.54, 1.807) is 12.1 Å². The monoisotopic (exact) mass is 242 g/mol. The number of rotatable bonds is 5. The SMILES string of the molecule is CC(C)CC(=O)CCc1c(F)cccc1Cl. The highest BCUT2D eigenvalue weighted by atomic mass is 35.5. The summed E-state index contributed by atoms with van der Waals surface area (Å²) < 4.78 is 13.4. The number of hydrogen-bond acceptors (Lipinski definition) is 1. The van der Waals surface area contributed by atoms with Crippen LogP contribution in [0.1, 0.15) is 32.3 Å². The zero-order chi connectivity index (χ0) is 12.1. The first-order valence-electron chi connectivity index (χ1n) is 5.45. The van der Waals surface area contributed by atoms with E-state index in [4.69, 9.17) is 11.6 Å². The molecule has 0 saturated carbocycles. The van der Waals surface area contributed by atoms with Gasteiger partial charge >= 0.3 is 0 Å². The molecule has 0 fully saturated rings. The Labute approximate surface area is 101 Å². The molecule has 0 radical (unpaired) electrons. The molecule has 1 rings (SSSR count). The number of benzene rings is 1. The first kappa shape index (κ1) is 13.2. The van der Waals surface area contributed by atoms with Crippen molar-refractivity contribution in [1.29, 1.82) is 0 Å². The quantitative estimate of drug-likeness (QED) is 0.762. The number of ketones is 1. The third-order valence-corrected chi connectivity index (χ3v) is 2.71. The molecule has 0 aliphatic heterocycles. The van der Waals surface area contributed by atoms with Gasteiger partial charge in [0.05, 0.1) is 0 Å². The van der Waals surface area contributed by atoms with E-state index in [1.807, 2.05) is 13.8 Å². The van der Waals surface area contributed by atoms with Crippen LogP contribution in [-0.2, 0) is 11.2 Å². The fourth-order valence-corrected chi connectivity index (χ4v) is 1.85. The Balaban J connectivity index is 2.58. The van der Waals surface area contributed by atoms with Crippen LogP contribution < -0.4 is 0 Å². The van der Waals surface area contributed by atoms with Crippen LogP contribution in [-0.4, -0.2) is 5.78 Å². The molecule has 0 aliphatic carbocycles. The molecule has 16 heavy (non-hydrogen) atoms. The summed E-state index contributed by atoms with van der Waals surface area (Å²) in [5.74, 6) is 0.183. The first-order valence-corrected chi connectivity index (χ1v) is 5.83. The summed E-state index contributed by atoms with van der Waals surface area (Å²) in [6, 6.07) is 4.58. The van der Waals surface area contributed by atoms with Crippen LogP contribution in [0.25, 0.3) is 0 Å². The largest absolute Gasteiger partial charge is 0.300 e. The van der Waals surface area contributed by atoms with E-state index in [0.29, 0.717) is 35.8 Å². The number of carbonyl (C=O) groups excluding carboxylic acids is 1. The summed E-state index contributed by atoms with van der Waals surface area (Å²) >= 11 is 5.87. The van der Waals surface area contributed by atoms with Gasteiger partial charge in [-0.25, -0.2) is 4.39 Å². The highest BCUT2D eigenvalue weighted by molar-refractivity contribution is 6.31. The third kappa shape index (κ3) is 3.93. The third-order valence-electron chi connectivity index (χ3n) is 2.35. The summed E-state index contributed by atoms with van der Waals surface area (Å²) in [5, 5.41) is 0.400. The molecule has 0 bridgehead atoms. The maximum absolute atomic E-state index is 13.4. The summed E-state index contributed by atoms with van der Waals surface area (Å²) in [5.41, 5.74) is 0.446. The van der Waals surface area contributed by atoms with Crippen molar-refractivity contribution >= 4 is 17.4 Å². The molecule has 1 aromatic carbocycles. The van der Waals surface area contributed by atoms with Gasteiger partial charge in [-0.15, -0.1) is 0 Å². The van der Waals surface area contributed by atoms with Crippen molar-refractivity contribution in [3.8, 4) is 0 Å². The van der Waals surface area contributed by atoms with Gasteiger partial charge in [0.15, 0.2) is 0 Å². The van der Waals surface area contributed by atoms with Gasteiger partial charge in [-0.2, -0.15) is 0 Å². The van der Waals surface area contributed by atoms with E-state index in [9.17, 15) is 9.18 Å². The Morgan fingerprint density at radius 3 is 2.69 bits per heavy atom. The first-order chi connectivity index (χ1) is 7.50. The van der Waals surface area contributed by atoms with Gasteiger partial charge in [0.25, 0.3) is 0 Å². The van der Waals surface area contributed by atoms with Crippen molar-refractivity contribution in [3.63, 3.8) is 0 Å². The topological polar surface area (TPSA) is 17.1 Å². The maximum Gasteiger partial charge on any atom is 0.133 e. The number of hydrogen-bond donors (Lipinski definition) is 0. The second kappa shape index (κ2) is 6.00. The highest BCUT2D eigenvalue weighted by Gasteiger charge is 2.10. The smallest absolute Gasteiger partial charge is 0.133 e. The number of carbonyl (C=O) groups is 1. The van der Waals surface area contributed by atoms with Crippen molar-refractivity contribution in [2.45, 2.75) is 33.1 Å². The van der Waals surface area contributed by atoms with E-state index < -0.39 is 0 Å². The van der Waals surface area contributed by atoms with Crippen LogP contribution in [0.4, 0.5) is 4.39 Å². The lowest BCUT2D eigenvalue weighted by molar-refractivity contribution is -0.119. The average molecular weight is 243 g/mol. The van der Waals surface area contributed by atoms with Crippen LogP contribution in [0, 0.1) is 11.7 Å². The molecule has 0 N–H and O–H groups in total. The second-order valence-electron chi connectivity index (χ2n) is 4.34. The molecule has 0 amide bonds. The van der Waals surface area contributed by atoms with Crippen LogP contribution >= 0.6 is 11.6 Å². The molecule has 0 aliphatic rings.